The molecule has 0 aliphatic carbocycles. The van der Waals surface area contributed by atoms with E-state index in [9.17, 15) is 9.59 Å². The predicted octanol–water partition coefficient (Wildman–Crippen LogP) is 6.95. The fourth-order valence-corrected chi connectivity index (χ4v) is 5.37. The molecular formula is C33H27FN2O2. The van der Waals surface area contributed by atoms with E-state index < -0.39 is 0 Å². The Kier molecular flexibility index (Phi) is 5.91. The molecule has 0 unspecified atom stereocenters. The van der Waals surface area contributed by atoms with Crippen LogP contribution in [0.5, 0.6) is 0 Å². The van der Waals surface area contributed by atoms with Crippen molar-refractivity contribution >= 4 is 22.7 Å². The third-order valence-electron chi connectivity index (χ3n) is 7.42. The number of halogens is 1. The summed E-state index contributed by atoms with van der Waals surface area (Å²) in [6.07, 6.45) is 0.570. The monoisotopic (exact) mass is 502 g/mol. The van der Waals surface area contributed by atoms with Gasteiger partial charge in [-0.25, -0.2) is 4.39 Å². The molecule has 6 rings (SSSR count). The van der Waals surface area contributed by atoms with Crippen molar-refractivity contribution in [2.45, 2.75) is 26.8 Å². The van der Waals surface area contributed by atoms with Gasteiger partial charge in [0.1, 0.15) is 0 Å². The maximum atomic E-state index is 15.8. The highest BCUT2D eigenvalue weighted by Crippen LogP contribution is 2.35. The van der Waals surface area contributed by atoms with Gasteiger partial charge in [0.05, 0.1) is 22.3 Å². The number of hydrogen-bond acceptors (Lipinski definition) is 2. The molecule has 38 heavy (non-hydrogen) atoms. The highest BCUT2D eigenvalue weighted by Gasteiger charge is 2.34. The third kappa shape index (κ3) is 4.01. The lowest BCUT2D eigenvalue weighted by atomic mass is 10.0. The van der Waals surface area contributed by atoms with Gasteiger partial charge in [0, 0.05) is 24.0 Å². The Morgan fingerprint density at radius 3 is 1.97 bits per heavy atom. The largest absolute Gasteiger partial charge is 0.334 e. The highest BCUT2D eigenvalue weighted by molar-refractivity contribution is 6.21. The number of benzene rings is 4. The van der Waals surface area contributed by atoms with Crippen LogP contribution in [-0.4, -0.2) is 27.8 Å². The molecule has 188 valence electrons. The molecule has 0 saturated carbocycles. The molecule has 1 aliphatic heterocycles. The number of aryl methyl sites for hydroxylation is 2. The number of rotatable bonds is 6. The minimum atomic E-state index is -0.234. The fraction of sp³-hybridized carbons (Fsp3) is 0.152. The van der Waals surface area contributed by atoms with Crippen LogP contribution in [0, 0.1) is 19.7 Å². The summed E-state index contributed by atoms with van der Waals surface area (Å²) in [7, 11) is 0. The first-order chi connectivity index (χ1) is 18.4. The van der Waals surface area contributed by atoms with Crippen LogP contribution < -0.4 is 0 Å². The van der Waals surface area contributed by atoms with Gasteiger partial charge >= 0.3 is 0 Å². The SMILES string of the molecule is Cc1ccc2c(c1)c(F)c(-c1ccccc1C)n2Cc1ccc(CCN2C(=O)c3ccccc3C2=O)cc1. The molecule has 5 heteroatoms. The topological polar surface area (TPSA) is 42.3 Å². The highest BCUT2D eigenvalue weighted by atomic mass is 19.1. The van der Waals surface area contributed by atoms with Crippen LogP contribution in [-0.2, 0) is 13.0 Å². The Morgan fingerprint density at radius 1 is 0.711 bits per heavy atom. The summed E-state index contributed by atoms with van der Waals surface area (Å²) in [5.74, 6) is -0.666. The van der Waals surface area contributed by atoms with Crippen molar-refractivity contribution in [2.75, 3.05) is 6.54 Å². The van der Waals surface area contributed by atoms with Crippen molar-refractivity contribution in [3.63, 3.8) is 0 Å². The molecule has 0 saturated heterocycles. The van der Waals surface area contributed by atoms with Gasteiger partial charge in [-0.15, -0.1) is 0 Å². The van der Waals surface area contributed by atoms with E-state index in [1.807, 2.05) is 80.6 Å². The van der Waals surface area contributed by atoms with Crippen molar-refractivity contribution in [1.82, 2.24) is 9.47 Å². The van der Waals surface area contributed by atoms with E-state index in [1.165, 1.54) is 4.90 Å². The van der Waals surface area contributed by atoms with Gasteiger partial charge in [-0.2, -0.15) is 0 Å². The number of nitrogens with zero attached hydrogens (tertiary/aromatic N) is 2. The number of fused-ring (bicyclic) bond motifs is 2. The molecule has 0 fully saturated rings. The number of aromatic nitrogens is 1. The summed E-state index contributed by atoms with van der Waals surface area (Å²) < 4.78 is 17.9. The molecule has 4 aromatic carbocycles. The average molecular weight is 503 g/mol. The average Bonchev–Trinajstić information content (AvgIpc) is 3.33. The van der Waals surface area contributed by atoms with Gasteiger partial charge in [-0.1, -0.05) is 72.3 Å². The Labute approximate surface area is 221 Å². The second kappa shape index (κ2) is 9.42. The molecule has 5 aromatic rings. The Bertz CT molecular complexity index is 1680. The summed E-state index contributed by atoms with van der Waals surface area (Å²) in [6, 6.07) is 28.9. The zero-order valence-electron chi connectivity index (χ0n) is 21.4. The zero-order valence-corrected chi connectivity index (χ0v) is 21.4. The molecular weight excluding hydrogens is 475 g/mol. The number of imide groups is 1. The maximum absolute atomic E-state index is 15.8. The summed E-state index contributed by atoms with van der Waals surface area (Å²) in [5.41, 5.74) is 7.40. The first-order valence-electron chi connectivity index (χ1n) is 12.8. The Hall–Kier alpha value is -4.51. The van der Waals surface area contributed by atoms with Crippen molar-refractivity contribution in [3.8, 4) is 11.3 Å². The molecule has 1 aliphatic rings. The normalized spacial score (nSPS) is 13.0. The van der Waals surface area contributed by atoms with Gasteiger partial charge < -0.3 is 4.57 Å². The standard InChI is InChI=1S/C33H27FN2O2/c1-21-11-16-29-28(19-21)30(34)31(25-8-4-3-7-22(25)2)36(29)20-24-14-12-23(13-15-24)17-18-35-32(37)26-9-5-6-10-27(26)33(35)38/h3-16,19H,17-18,20H2,1-2H3. The minimum Gasteiger partial charge on any atom is -0.334 e. The maximum Gasteiger partial charge on any atom is 0.261 e. The zero-order chi connectivity index (χ0) is 26.4. The van der Waals surface area contributed by atoms with E-state index in [1.54, 1.807) is 24.3 Å². The Balaban J connectivity index is 1.26. The summed E-state index contributed by atoms with van der Waals surface area (Å²) >= 11 is 0. The fourth-order valence-electron chi connectivity index (χ4n) is 5.37. The summed E-state index contributed by atoms with van der Waals surface area (Å²) in [6.45, 7) is 4.83. The van der Waals surface area contributed by atoms with E-state index in [4.69, 9.17) is 0 Å². The smallest absolute Gasteiger partial charge is 0.261 e. The van der Waals surface area contributed by atoms with Gasteiger partial charge in [0.25, 0.3) is 11.8 Å². The van der Waals surface area contributed by atoms with Gasteiger partial charge in [-0.05, 0) is 61.2 Å². The van der Waals surface area contributed by atoms with E-state index >= 15 is 4.39 Å². The molecule has 0 spiro atoms. The third-order valence-corrected chi connectivity index (χ3v) is 7.42. The number of carbonyl (C=O) groups is 2. The van der Waals surface area contributed by atoms with Crippen LogP contribution in [0.15, 0.2) is 91.0 Å². The van der Waals surface area contributed by atoms with Gasteiger partial charge in [0.15, 0.2) is 5.82 Å². The van der Waals surface area contributed by atoms with Gasteiger partial charge in [0.2, 0.25) is 0 Å². The number of carbonyl (C=O) groups excluding carboxylic acids is 2. The van der Waals surface area contributed by atoms with E-state index in [0.29, 0.717) is 41.7 Å². The summed E-state index contributed by atoms with van der Waals surface area (Å²) in [5, 5.41) is 0.626. The predicted molar refractivity (Wildman–Crippen MR) is 148 cm³/mol. The summed E-state index contributed by atoms with van der Waals surface area (Å²) in [4.78, 5) is 26.6. The van der Waals surface area contributed by atoms with Crippen LogP contribution in [0.3, 0.4) is 0 Å². The first kappa shape index (κ1) is 23.9. The molecule has 4 nitrogen and oxygen atoms in total. The molecule has 0 atom stereocenters. The van der Waals surface area contributed by atoms with Crippen LogP contribution >= 0.6 is 0 Å². The molecule has 0 radical (unpaired) electrons. The van der Waals surface area contributed by atoms with Crippen LogP contribution in [0.4, 0.5) is 4.39 Å². The van der Waals surface area contributed by atoms with E-state index in [0.717, 1.165) is 33.3 Å². The van der Waals surface area contributed by atoms with Gasteiger partial charge in [-0.3, -0.25) is 14.5 Å². The second-order valence-electron chi connectivity index (χ2n) is 9.96. The number of amides is 2. The molecule has 0 N–H and O–H groups in total. The molecule has 2 amide bonds. The Morgan fingerprint density at radius 2 is 1.32 bits per heavy atom. The minimum absolute atomic E-state index is 0.199. The first-order valence-corrected chi connectivity index (χ1v) is 12.8. The van der Waals surface area contributed by atoms with Crippen molar-refractivity contribution in [3.05, 3.63) is 130 Å². The van der Waals surface area contributed by atoms with Crippen molar-refractivity contribution in [1.29, 1.82) is 0 Å². The van der Waals surface area contributed by atoms with E-state index in [2.05, 4.69) is 4.57 Å². The van der Waals surface area contributed by atoms with Crippen LogP contribution in [0.1, 0.15) is 43.0 Å². The molecule has 0 bridgehead atoms. The lowest BCUT2D eigenvalue weighted by Crippen LogP contribution is -2.31. The lowest BCUT2D eigenvalue weighted by molar-refractivity contribution is 0.0656. The van der Waals surface area contributed by atoms with Crippen molar-refractivity contribution < 1.29 is 14.0 Å². The van der Waals surface area contributed by atoms with Crippen molar-refractivity contribution in [2.24, 2.45) is 0 Å². The second-order valence-corrected chi connectivity index (χ2v) is 9.96. The molecule has 1 aromatic heterocycles. The van der Waals surface area contributed by atoms with E-state index in [-0.39, 0.29) is 17.6 Å². The quantitative estimate of drug-likeness (QED) is 0.236. The lowest BCUT2D eigenvalue weighted by Gasteiger charge is -2.15. The van der Waals surface area contributed by atoms with Crippen LogP contribution in [0.25, 0.3) is 22.2 Å². The number of hydrogen-bond donors (Lipinski definition) is 0. The van der Waals surface area contributed by atoms with Crippen LogP contribution in [0.2, 0.25) is 0 Å². The molecule has 2 heterocycles.